The van der Waals surface area contributed by atoms with Crippen molar-refractivity contribution in [2.24, 2.45) is 0 Å². The molecule has 1 aromatic heterocycles. The van der Waals surface area contributed by atoms with Gasteiger partial charge in [0.15, 0.2) is 0 Å². The normalized spacial score (nSPS) is 15.2. The zero-order valence-electron chi connectivity index (χ0n) is 14.2. The number of aromatic nitrogens is 1. The van der Waals surface area contributed by atoms with Crippen LogP contribution in [0.4, 0.5) is 0 Å². The third kappa shape index (κ3) is 3.93. The van der Waals surface area contributed by atoms with Gasteiger partial charge in [-0.1, -0.05) is 0 Å². The largest absolute Gasteiger partial charge is 0.497 e. The van der Waals surface area contributed by atoms with Gasteiger partial charge in [0.05, 0.1) is 13.5 Å². The van der Waals surface area contributed by atoms with Gasteiger partial charge in [0.2, 0.25) is 5.91 Å². The molecule has 2 aromatic rings. The number of amides is 1. The van der Waals surface area contributed by atoms with Crippen molar-refractivity contribution in [1.82, 2.24) is 9.88 Å². The molecule has 0 unspecified atom stereocenters. The van der Waals surface area contributed by atoms with Crippen molar-refractivity contribution in [3.05, 3.63) is 30.0 Å². The number of nitrogens with one attached hydrogen (secondary N) is 1. The van der Waals surface area contributed by atoms with Crippen molar-refractivity contribution in [3.8, 4) is 5.75 Å². The highest BCUT2D eigenvalue weighted by Crippen LogP contribution is 2.25. The average molecular weight is 346 g/mol. The summed E-state index contributed by atoms with van der Waals surface area (Å²) in [5, 5.41) is 10.1. The highest BCUT2D eigenvalue weighted by atomic mass is 16.5. The van der Waals surface area contributed by atoms with Gasteiger partial charge in [0.25, 0.3) is 0 Å². The number of benzene rings is 1. The summed E-state index contributed by atoms with van der Waals surface area (Å²) < 4.78 is 10.6. The van der Waals surface area contributed by atoms with Crippen LogP contribution in [-0.4, -0.2) is 59.8 Å². The highest BCUT2D eigenvalue weighted by Gasteiger charge is 2.28. The summed E-state index contributed by atoms with van der Waals surface area (Å²) in [6, 6.07) is 5.54. The number of carbonyl (C=O) groups is 2. The first-order valence-corrected chi connectivity index (χ1v) is 8.31. The van der Waals surface area contributed by atoms with E-state index in [0.717, 1.165) is 16.5 Å². The van der Waals surface area contributed by atoms with Gasteiger partial charge in [-0.3, -0.25) is 9.59 Å². The van der Waals surface area contributed by atoms with Crippen LogP contribution in [-0.2, 0) is 20.7 Å². The zero-order chi connectivity index (χ0) is 17.8. The number of hydrogen-bond acceptors (Lipinski definition) is 4. The molecule has 3 rings (SSSR count). The van der Waals surface area contributed by atoms with E-state index in [1.54, 1.807) is 13.3 Å². The zero-order valence-corrected chi connectivity index (χ0v) is 14.2. The molecule has 1 amide bonds. The Hall–Kier alpha value is -2.54. The Balaban J connectivity index is 1.81. The van der Waals surface area contributed by atoms with Gasteiger partial charge in [-0.2, -0.15) is 0 Å². The lowest BCUT2D eigenvalue weighted by Gasteiger charge is -2.33. The summed E-state index contributed by atoms with van der Waals surface area (Å²) in [4.78, 5) is 28.6. The van der Waals surface area contributed by atoms with Gasteiger partial charge in [0, 0.05) is 36.4 Å². The molecule has 1 aliphatic heterocycles. The number of carboxylic acids is 1. The van der Waals surface area contributed by atoms with Crippen molar-refractivity contribution in [3.63, 3.8) is 0 Å². The molecule has 2 heterocycles. The number of nitrogens with zero attached hydrogens (tertiary/aromatic N) is 1. The molecule has 0 aliphatic carbocycles. The quantitative estimate of drug-likeness (QED) is 0.832. The lowest BCUT2D eigenvalue weighted by Crippen LogP contribution is -2.46. The smallest absolute Gasteiger partial charge is 0.323 e. The monoisotopic (exact) mass is 346 g/mol. The molecule has 0 atom stereocenters. The molecule has 1 fully saturated rings. The molecule has 7 heteroatoms. The number of H-pyrrole nitrogens is 1. The van der Waals surface area contributed by atoms with Crippen molar-refractivity contribution in [2.45, 2.75) is 25.3 Å². The molecule has 0 saturated carbocycles. The fourth-order valence-corrected chi connectivity index (χ4v) is 3.26. The van der Waals surface area contributed by atoms with Crippen LogP contribution >= 0.6 is 0 Å². The lowest BCUT2D eigenvalue weighted by molar-refractivity contribution is -0.147. The van der Waals surface area contributed by atoms with Crippen LogP contribution in [0.15, 0.2) is 24.4 Å². The Bertz CT molecular complexity index is 764. The van der Waals surface area contributed by atoms with E-state index in [9.17, 15) is 14.7 Å². The van der Waals surface area contributed by atoms with E-state index in [4.69, 9.17) is 9.47 Å². The van der Waals surface area contributed by atoms with E-state index in [1.807, 2.05) is 18.2 Å². The van der Waals surface area contributed by atoms with E-state index in [-0.39, 0.29) is 24.9 Å². The molecule has 0 bridgehead atoms. The van der Waals surface area contributed by atoms with E-state index < -0.39 is 5.97 Å². The second-order valence-electron chi connectivity index (χ2n) is 6.16. The number of hydrogen-bond donors (Lipinski definition) is 2. The predicted octanol–water partition coefficient (Wildman–Crippen LogP) is 1.81. The Kier molecular flexibility index (Phi) is 5.23. The van der Waals surface area contributed by atoms with Crippen molar-refractivity contribution in [2.75, 3.05) is 26.9 Å². The summed E-state index contributed by atoms with van der Waals surface area (Å²) in [5.41, 5.74) is 1.75. The second kappa shape index (κ2) is 7.57. The summed E-state index contributed by atoms with van der Waals surface area (Å²) in [6.07, 6.45) is 3.28. The number of ether oxygens (including phenoxy) is 2. The van der Waals surface area contributed by atoms with Gasteiger partial charge in [0.1, 0.15) is 12.3 Å². The molecule has 1 aromatic carbocycles. The maximum absolute atomic E-state index is 12.8. The number of carboxylic acid groups (broad SMARTS) is 1. The molecule has 7 nitrogen and oxygen atoms in total. The molecule has 25 heavy (non-hydrogen) atoms. The Labute approximate surface area is 145 Å². The molecule has 1 saturated heterocycles. The SMILES string of the molecule is COc1ccc2[nH]cc(CC(=O)N(CC(=O)O)C3CCOCC3)c2c1. The summed E-state index contributed by atoms with van der Waals surface area (Å²) in [7, 11) is 1.60. The minimum absolute atomic E-state index is 0.0860. The Morgan fingerprint density at radius 3 is 2.80 bits per heavy atom. The van der Waals surface area contributed by atoms with Gasteiger partial charge < -0.3 is 24.5 Å². The first-order chi connectivity index (χ1) is 12.1. The average Bonchev–Trinajstić information content (AvgIpc) is 3.02. The molecule has 1 aliphatic rings. The van der Waals surface area contributed by atoms with Gasteiger partial charge in [-0.05, 0) is 36.6 Å². The van der Waals surface area contributed by atoms with Crippen molar-refractivity contribution in [1.29, 1.82) is 0 Å². The van der Waals surface area contributed by atoms with Crippen molar-refractivity contribution < 1.29 is 24.2 Å². The van der Waals surface area contributed by atoms with E-state index in [2.05, 4.69) is 4.98 Å². The fourth-order valence-electron chi connectivity index (χ4n) is 3.26. The van der Waals surface area contributed by atoms with Crippen LogP contribution in [0.2, 0.25) is 0 Å². The van der Waals surface area contributed by atoms with Gasteiger partial charge in [-0.15, -0.1) is 0 Å². The molecular formula is C18H22N2O5. The van der Waals surface area contributed by atoms with E-state index >= 15 is 0 Å². The first-order valence-electron chi connectivity index (χ1n) is 8.31. The number of carbonyl (C=O) groups excluding carboxylic acids is 1. The third-order valence-corrected chi connectivity index (χ3v) is 4.57. The second-order valence-corrected chi connectivity index (χ2v) is 6.16. The molecule has 2 N–H and O–H groups in total. The number of fused-ring (bicyclic) bond motifs is 1. The van der Waals surface area contributed by atoms with Crippen LogP contribution in [0.1, 0.15) is 18.4 Å². The predicted molar refractivity (Wildman–Crippen MR) is 91.7 cm³/mol. The summed E-state index contributed by atoms with van der Waals surface area (Å²) >= 11 is 0. The molecule has 0 spiro atoms. The number of methoxy groups -OCH3 is 1. The fraction of sp³-hybridized carbons (Fsp3) is 0.444. The van der Waals surface area contributed by atoms with Crippen LogP contribution in [0, 0.1) is 0 Å². The minimum atomic E-state index is -1.000. The number of aliphatic carboxylic acids is 1. The first kappa shape index (κ1) is 17.3. The Morgan fingerprint density at radius 2 is 2.12 bits per heavy atom. The molecular weight excluding hydrogens is 324 g/mol. The summed E-state index contributed by atoms with van der Waals surface area (Å²) in [6.45, 7) is 0.825. The summed E-state index contributed by atoms with van der Waals surface area (Å²) in [5.74, 6) is -0.467. The standard InChI is InChI=1S/C18H22N2O5/c1-24-14-2-3-16-15(9-14)12(10-19-16)8-17(21)20(11-18(22)23)13-4-6-25-7-5-13/h2-3,9-10,13,19H,4-8,11H2,1H3,(H,22,23). The van der Waals surface area contributed by atoms with Crippen LogP contribution < -0.4 is 4.74 Å². The maximum atomic E-state index is 12.8. The topological polar surface area (TPSA) is 91.9 Å². The van der Waals surface area contributed by atoms with Crippen LogP contribution in [0.3, 0.4) is 0 Å². The number of aromatic amines is 1. The third-order valence-electron chi connectivity index (χ3n) is 4.57. The lowest BCUT2D eigenvalue weighted by atomic mass is 10.0. The van der Waals surface area contributed by atoms with Crippen LogP contribution in [0.5, 0.6) is 5.75 Å². The van der Waals surface area contributed by atoms with Gasteiger partial charge in [-0.25, -0.2) is 0 Å². The maximum Gasteiger partial charge on any atom is 0.323 e. The highest BCUT2D eigenvalue weighted by molar-refractivity contribution is 5.90. The van der Waals surface area contributed by atoms with Crippen LogP contribution in [0.25, 0.3) is 10.9 Å². The Morgan fingerprint density at radius 1 is 1.36 bits per heavy atom. The minimum Gasteiger partial charge on any atom is -0.497 e. The number of rotatable bonds is 6. The van der Waals surface area contributed by atoms with Gasteiger partial charge >= 0.3 is 5.97 Å². The molecule has 0 radical (unpaired) electrons. The molecule has 134 valence electrons. The van der Waals surface area contributed by atoms with E-state index in [0.29, 0.717) is 31.8 Å². The van der Waals surface area contributed by atoms with E-state index in [1.165, 1.54) is 4.90 Å². The van der Waals surface area contributed by atoms with Crippen molar-refractivity contribution >= 4 is 22.8 Å².